The first-order valence-corrected chi connectivity index (χ1v) is 10.7. The Balaban J connectivity index is 1.81. The molecule has 0 aliphatic carbocycles. The molecule has 1 aromatic carbocycles. The lowest BCUT2D eigenvalue weighted by atomic mass is 10.2. The Morgan fingerprint density at radius 3 is 2.68 bits per heavy atom. The van der Waals surface area contributed by atoms with Crippen molar-refractivity contribution in [2.45, 2.75) is 18.4 Å². The van der Waals surface area contributed by atoms with Gasteiger partial charge in [-0.2, -0.15) is 4.31 Å². The van der Waals surface area contributed by atoms with E-state index in [0.717, 1.165) is 4.31 Å². The molecule has 3 heterocycles. The van der Waals surface area contributed by atoms with Gasteiger partial charge in [0.2, 0.25) is 10.0 Å². The van der Waals surface area contributed by atoms with E-state index in [1.54, 1.807) is 48.0 Å². The third-order valence-electron chi connectivity index (χ3n) is 4.94. The van der Waals surface area contributed by atoms with Gasteiger partial charge in [0, 0.05) is 6.20 Å². The number of fused-ring (bicyclic) bond motifs is 3. The fourth-order valence-electron chi connectivity index (χ4n) is 3.33. The number of benzene rings is 1. The van der Waals surface area contributed by atoms with Crippen molar-refractivity contribution >= 4 is 27.6 Å². The maximum Gasteiger partial charge on any atom is 0.321 e. The van der Waals surface area contributed by atoms with Gasteiger partial charge in [-0.3, -0.25) is 19.1 Å². The zero-order valence-electron chi connectivity index (χ0n) is 16.8. The van der Waals surface area contributed by atoms with Gasteiger partial charge in [-0.1, -0.05) is 12.1 Å². The summed E-state index contributed by atoms with van der Waals surface area (Å²) in [5.41, 5.74) is 1.86. The highest BCUT2D eigenvalue weighted by Crippen LogP contribution is 2.31. The molecule has 0 bridgehead atoms. The summed E-state index contributed by atoms with van der Waals surface area (Å²) in [5.74, 6) is -1.23. The number of nitrogens with one attached hydrogen (secondary N) is 1. The zero-order valence-corrected chi connectivity index (χ0v) is 17.6. The number of anilines is 1. The normalized spacial score (nSPS) is 14.8. The van der Waals surface area contributed by atoms with Crippen molar-refractivity contribution in [1.29, 1.82) is 0 Å². The van der Waals surface area contributed by atoms with Crippen LogP contribution in [0.4, 0.5) is 5.69 Å². The average molecular weight is 441 g/mol. The minimum absolute atomic E-state index is 0.00474. The largest absolute Gasteiger partial charge is 0.468 e. The molecule has 1 aliphatic rings. The number of hydrogen-bond donors (Lipinski definition) is 1. The predicted octanol–water partition coefficient (Wildman–Crippen LogP) is 1.51. The molecule has 1 amide bonds. The highest BCUT2D eigenvalue weighted by molar-refractivity contribution is 7.89. The van der Waals surface area contributed by atoms with E-state index >= 15 is 0 Å². The van der Waals surface area contributed by atoms with E-state index in [4.69, 9.17) is 0 Å². The van der Waals surface area contributed by atoms with Crippen LogP contribution in [0.3, 0.4) is 0 Å². The van der Waals surface area contributed by atoms with Gasteiger partial charge in [0.1, 0.15) is 17.8 Å². The molecule has 3 aromatic rings. The lowest BCUT2D eigenvalue weighted by Crippen LogP contribution is -2.35. The lowest BCUT2D eigenvalue weighted by Gasteiger charge is -2.19. The molecule has 31 heavy (non-hydrogen) atoms. The Labute approximate surface area is 178 Å². The number of methoxy groups -OCH3 is 1. The van der Waals surface area contributed by atoms with E-state index < -0.39 is 28.4 Å². The van der Waals surface area contributed by atoms with Crippen molar-refractivity contribution in [2.75, 3.05) is 19.0 Å². The van der Waals surface area contributed by atoms with Crippen LogP contribution >= 0.6 is 0 Å². The van der Waals surface area contributed by atoms with Crippen LogP contribution in [0, 0.1) is 6.92 Å². The molecule has 0 saturated heterocycles. The van der Waals surface area contributed by atoms with Gasteiger partial charge in [0.05, 0.1) is 36.4 Å². The van der Waals surface area contributed by atoms with Gasteiger partial charge in [0.15, 0.2) is 5.69 Å². The number of amides is 1. The molecule has 0 unspecified atom stereocenters. The first-order valence-electron chi connectivity index (χ1n) is 9.28. The Morgan fingerprint density at radius 1 is 1.16 bits per heavy atom. The summed E-state index contributed by atoms with van der Waals surface area (Å²) in [7, 11) is -2.85. The third kappa shape index (κ3) is 3.68. The van der Waals surface area contributed by atoms with Crippen LogP contribution in [0.15, 0.2) is 53.8 Å². The van der Waals surface area contributed by atoms with E-state index in [1.165, 1.54) is 19.5 Å². The van der Waals surface area contributed by atoms with Crippen LogP contribution in [0.5, 0.6) is 0 Å². The first kappa shape index (κ1) is 20.7. The number of rotatable bonds is 4. The maximum absolute atomic E-state index is 13.2. The first-order chi connectivity index (χ1) is 14.8. The second-order valence-corrected chi connectivity index (χ2v) is 8.72. The fourth-order valence-corrected chi connectivity index (χ4v) is 4.86. The lowest BCUT2D eigenvalue weighted by molar-refractivity contribution is -0.140. The molecular formula is C20H19N5O5S. The number of imidazole rings is 1. The van der Waals surface area contributed by atoms with E-state index in [0.29, 0.717) is 22.8 Å². The number of ether oxygens (including phenoxy) is 1. The summed E-state index contributed by atoms with van der Waals surface area (Å²) in [6.45, 7) is 1.02. The van der Waals surface area contributed by atoms with Gasteiger partial charge in [-0.05, 0) is 31.2 Å². The summed E-state index contributed by atoms with van der Waals surface area (Å²) < 4.78 is 33.7. The highest BCUT2D eigenvalue weighted by Gasteiger charge is 2.36. The van der Waals surface area contributed by atoms with Crippen LogP contribution in [0.25, 0.3) is 5.69 Å². The summed E-state index contributed by atoms with van der Waals surface area (Å²) in [6, 6.07) is 9.74. The second-order valence-electron chi connectivity index (χ2n) is 6.82. The van der Waals surface area contributed by atoms with Gasteiger partial charge in [0.25, 0.3) is 5.91 Å². The Kier molecular flexibility index (Phi) is 5.29. The van der Waals surface area contributed by atoms with E-state index in [-0.39, 0.29) is 17.1 Å². The number of pyridine rings is 1. The molecular weight excluding hydrogens is 422 g/mol. The molecule has 11 heteroatoms. The Bertz CT molecular complexity index is 1280. The molecule has 0 spiro atoms. The summed E-state index contributed by atoms with van der Waals surface area (Å²) in [6.07, 6.45) is 3.01. The van der Waals surface area contributed by atoms with Crippen molar-refractivity contribution in [1.82, 2.24) is 18.8 Å². The van der Waals surface area contributed by atoms with Crippen molar-refractivity contribution < 1.29 is 22.7 Å². The quantitative estimate of drug-likeness (QED) is 0.609. The number of carbonyl (C=O) groups is 2. The number of carbonyl (C=O) groups excluding carboxylic acids is 2. The van der Waals surface area contributed by atoms with Crippen molar-refractivity contribution in [3.63, 3.8) is 0 Å². The Morgan fingerprint density at radius 2 is 1.94 bits per heavy atom. The van der Waals surface area contributed by atoms with Crippen molar-refractivity contribution in [3.05, 3.63) is 66.0 Å². The number of nitrogens with zero attached hydrogens (tertiary/aromatic N) is 4. The molecule has 10 nitrogen and oxygen atoms in total. The molecule has 0 saturated carbocycles. The molecule has 1 aliphatic heterocycles. The van der Waals surface area contributed by atoms with Crippen molar-refractivity contribution in [3.8, 4) is 5.69 Å². The van der Waals surface area contributed by atoms with Crippen LogP contribution < -0.4 is 5.32 Å². The maximum atomic E-state index is 13.2. The minimum Gasteiger partial charge on any atom is -0.468 e. The topological polar surface area (TPSA) is 123 Å². The summed E-state index contributed by atoms with van der Waals surface area (Å²) in [4.78, 5) is 33.3. The Hall–Kier alpha value is -3.57. The molecule has 0 radical (unpaired) electrons. The number of sulfonamides is 1. The number of esters is 1. The van der Waals surface area contributed by atoms with E-state index in [1.807, 2.05) is 0 Å². The number of hydrogen-bond acceptors (Lipinski definition) is 7. The monoisotopic (exact) mass is 441 g/mol. The second kappa shape index (κ2) is 7.93. The van der Waals surface area contributed by atoms with E-state index in [9.17, 15) is 18.0 Å². The third-order valence-corrected chi connectivity index (χ3v) is 6.78. The van der Waals surface area contributed by atoms with Gasteiger partial charge >= 0.3 is 5.97 Å². The molecule has 2 aromatic heterocycles. The molecule has 1 N–H and O–H groups in total. The van der Waals surface area contributed by atoms with Gasteiger partial charge in [-0.25, -0.2) is 13.4 Å². The number of para-hydroxylation sites is 1. The minimum atomic E-state index is -4.03. The number of aryl methyl sites for hydroxylation is 1. The zero-order chi connectivity index (χ0) is 22.2. The molecule has 160 valence electrons. The molecule has 4 rings (SSSR count). The summed E-state index contributed by atoms with van der Waals surface area (Å²) >= 11 is 0. The summed E-state index contributed by atoms with van der Waals surface area (Å²) in [5, 5.41) is 2.76. The molecule has 0 atom stereocenters. The standard InChI is InChI=1S/C20H19N5O5S/c1-13-14(6-5-9-21-13)23-20(27)19-16-10-24(11-18(26)30-2)31(28,29)17-8-4-3-7-15(17)25(16)12-22-19/h3-9,12H,10-11H2,1-2H3,(H,23,27). The van der Waals surface area contributed by atoms with Crippen LogP contribution in [-0.2, 0) is 26.1 Å². The van der Waals surface area contributed by atoms with Crippen molar-refractivity contribution in [2.24, 2.45) is 0 Å². The molecule has 0 fully saturated rings. The van der Waals surface area contributed by atoms with Gasteiger partial charge in [-0.15, -0.1) is 0 Å². The van der Waals surface area contributed by atoms with E-state index in [2.05, 4.69) is 20.0 Å². The smallest absolute Gasteiger partial charge is 0.321 e. The highest BCUT2D eigenvalue weighted by atomic mass is 32.2. The van der Waals surface area contributed by atoms with Gasteiger partial charge < -0.3 is 10.1 Å². The number of aromatic nitrogens is 3. The predicted molar refractivity (Wildman–Crippen MR) is 110 cm³/mol. The van der Waals surface area contributed by atoms with Crippen LogP contribution in [-0.4, -0.2) is 52.8 Å². The van der Waals surface area contributed by atoms with Crippen LogP contribution in [0.1, 0.15) is 21.9 Å². The average Bonchev–Trinajstić information content (AvgIpc) is 3.14. The van der Waals surface area contributed by atoms with Crippen LogP contribution in [0.2, 0.25) is 0 Å². The SMILES string of the molecule is COC(=O)CN1Cc2c(C(=O)Nc3cccnc3C)ncn2-c2ccccc2S1(=O)=O. The fraction of sp³-hybridized carbons (Fsp3) is 0.200.